The van der Waals surface area contributed by atoms with Crippen molar-refractivity contribution in [2.24, 2.45) is 0 Å². The number of benzene rings is 2. The van der Waals surface area contributed by atoms with E-state index in [0.717, 1.165) is 16.5 Å². The molecule has 94 valence electrons. The Hall–Kier alpha value is -0.670. The Balaban J connectivity index is 2.21. The number of alkyl halides is 1. The molecule has 3 heteroatoms. The number of hydrogen-bond acceptors (Lipinski definition) is 0. The minimum Gasteiger partial charge on any atom is -0.207 e. The van der Waals surface area contributed by atoms with Gasteiger partial charge in [0.25, 0.3) is 0 Å². The second-order valence-electron chi connectivity index (χ2n) is 4.33. The first-order valence-electron chi connectivity index (χ1n) is 5.71. The summed E-state index contributed by atoms with van der Waals surface area (Å²) in [5.41, 5.74) is 3.40. The molecule has 0 aliphatic heterocycles. The monoisotopic (exact) mass is 370 g/mol. The molecule has 0 spiro atoms. The highest BCUT2D eigenvalue weighted by atomic mass is 79.9. The van der Waals surface area contributed by atoms with Gasteiger partial charge in [-0.3, -0.25) is 0 Å². The third-order valence-corrected chi connectivity index (χ3v) is 4.33. The summed E-state index contributed by atoms with van der Waals surface area (Å²) in [6.45, 7) is 2.07. The summed E-state index contributed by atoms with van der Waals surface area (Å²) >= 11 is 7.23. The summed E-state index contributed by atoms with van der Waals surface area (Å²) < 4.78 is 14.2. The maximum Gasteiger partial charge on any atom is 0.123 e. The Bertz CT molecular complexity index is 552. The molecule has 0 radical (unpaired) electrons. The van der Waals surface area contributed by atoms with E-state index < -0.39 is 0 Å². The Morgan fingerprint density at radius 2 is 1.94 bits per heavy atom. The fraction of sp³-hybridized carbons (Fsp3) is 0.200. The molecule has 0 nitrogen and oxygen atoms in total. The van der Waals surface area contributed by atoms with Gasteiger partial charge in [-0.1, -0.05) is 61.7 Å². The minimum atomic E-state index is -0.185. The molecule has 0 saturated heterocycles. The van der Waals surface area contributed by atoms with Gasteiger partial charge in [0.15, 0.2) is 0 Å². The van der Waals surface area contributed by atoms with Gasteiger partial charge in [-0.15, -0.1) is 0 Å². The lowest BCUT2D eigenvalue weighted by Gasteiger charge is -2.13. The van der Waals surface area contributed by atoms with E-state index in [0.29, 0.717) is 0 Å². The highest BCUT2D eigenvalue weighted by Crippen LogP contribution is 2.33. The molecule has 2 rings (SSSR count). The first kappa shape index (κ1) is 13.8. The van der Waals surface area contributed by atoms with E-state index in [-0.39, 0.29) is 10.6 Å². The topological polar surface area (TPSA) is 0 Å². The predicted octanol–water partition coefficient (Wildman–Crippen LogP) is 5.58. The predicted molar refractivity (Wildman–Crippen MR) is 80.7 cm³/mol. The Labute approximate surface area is 123 Å². The Kier molecular flexibility index (Phi) is 4.57. The first-order chi connectivity index (χ1) is 8.56. The minimum absolute atomic E-state index is 0.175. The van der Waals surface area contributed by atoms with Crippen LogP contribution in [0.4, 0.5) is 4.39 Å². The highest BCUT2D eigenvalue weighted by Gasteiger charge is 2.12. The molecule has 18 heavy (non-hydrogen) atoms. The lowest BCUT2D eigenvalue weighted by molar-refractivity contribution is 0.625. The molecule has 0 amide bonds. The fourth-order valence-electron chi connectivity index (χ4n) is 1.88. The summed E-state index contributed by atoms with van der Waals surface area (Å²) in [6.07, 6.45) is 0.764. The molecular formula is C15H13Br2F. The van der Waals surface area contributed by atoms with Crippen LogP contribution in [-0.2, 0) is 6.42 Å². The SMILES string of the molecule is Cc1ccc(Br)c(C(Br)Cc2cccc(F)c2)c1. The van der Waals surface area contributed by atoms with Gasteiger partial charge < -0.3 is 0 Å². The molecule has 0 bridgehead atoms. The quantitative estimate of drug-likeness (QED) is 0.618. The number of aryl methyl sites for hydroxylation is 1. The molecule has 0 aliphatic carbocycles. The fourth-order valence-corrected chi connectivity index (χ4v) is 3.47. The van der Waals surface area contributed by atoms with Crippen LogP contribution in [0.3, 0.4) is 0 Å². The molecular weight excluding hydrogens is 359 g/mol. The van der Waals surface area contributed by atoms with Crippen LogP contribution in [0, 0.1) is 12.7 Å². The molecule has 2 aromatic carbocycles. The van der Waals surface area contributed by atoms with Crippen molar-refractivity contribution in [1.82, 2.24) is 0 Å². The Morgan fingerprint density at radius 3 is 2.67 bits per heavy atom. The van der Waals surface area contributed by atoms with E-state index in [1.807, 2.05) is 12.1 Å². The van der Waals surface area contributed by atoms with Gasteiger partial charge in [0, 0.05) is 9.30 Å². The van der Waals surface area contributed by atoms with Gasteiger partial charge in [-0.05, 0) is 42.7 Å². The largest absolute Gasteiger partial charge is 0.207 e. The summed E-state index contributed by atoms with van der Waals surface area (Å²) in [6, 6.07) is 13.0. The second-order valence-corrected chi connectivity index (χ2v) is 6.29. The molecule has 2 aromatic rings. The van der Waals surface area contributed by atoms with Gasteiger partial charge >= 0.3 is 0 Å². The summed E-state index contributed by atoms with van der Waals surface area (Å²) in [7, 11) is 0. The van der Waals surface area contributed by atoms with Gasteiger partial charge in [-0.2, -0.15) is 0 Å². The van der Waals surface area contributed by atoms with E-state index in [2.05, 4.69) is 50.9 Å². The zero-order chi connectivity index (χ0) is 13.1. The van der Waals surface area contributed by atoms with Crippen molar-refractivity contribution in [3.63, 3.8) is 0 Å². The van der Waals surface area contributed by atoms with Crippen molar-refractivity contribution in [1.29, 1.82) is 0 Å². The van der Waals surface area contributed by atoms with Crippen molar-refractivity contribution in [3.8, 4) is 0 Å². The van der Waals surface area contributed by atoms with Crippen molar-refractivity contribution >= 4 is 31.9 Å². The van der Waals surface area contributed by atoms with Gasteiger partial charge in [0.2, 0.25) is 0 Å². The van der Waals surface area contributed by atoms with Crippen LogP contribution in [0.5, 0.6) is 0 Å². The zero-order valence-corrected chi connectivity index (χ0v) is 13.1. The van der Waals surface area contributed by atoms with Crippen LogP contribution in [0.1, 0.15) is 21.5 Å². The molecule has 0 heterocycles. The van der Waals surface area contributed by atoms with Gasteiger partial charge in [-0.25, -0.2) is 4.39 Å². The van der Waals surface area contributed by atoms with Crippen LogP contribution >= 0.6 is 31.9 Å². The maximum atomic E-state index is 13.1. The Morgan fingerprint density at radius 1 is 1.17 bits per heavy atom. The van der Waals surface area contributed by atoms with Crippen molar-refractivity contribution in [2.75, 3.05) is 0 Å². The van der Waals surface area contributed by atoms with Crippen molar-refractivity contribution < 1.29 is 4.39 Å². The molecule has 0 fully saturated rings. The summed E-state index contributed by atoms with van der Waals surface area (Å²) in [5, 5.41) is 0. The summed E-state index contributed by atoms with van der Waals surface area (Å²) in [5.74, 6) is -0.185. The van der Waals surface area contributed by atoms with Crippen LogP contribution in [-0.4, -0.2) is 0 Å². The third kappa shape index (κ3) is 3.42. The molecule has 1 atom stereocenters. The van der Waals surface area contributed by atoms with Crippen molar-refractivity contribution in [2.45, 2.75) is 18.2 Å². The van der Waals surface area contributed by atoms with E-state index in [1.54, 1.807) is 12.1 Å². The van der Waals surface area contributed by atoms with Crippen LogP contribution in [0.2, 0.25) is 0 Å². The third-order valence-electron chi connectivity index (χ3n) is 2.79. The molecule has 1 unspecified atom stereocenters. The lowest BCUT2D eigenvalue weighted by Crippen LogP contribution is -1.97. The molecule has 0 N–H and O–H groups in total. The first-order valence-corrected chi connectivity index (χ1v) is 7.41. The number of rotatable bonds is 3. The smallest absolute Gasteiger partial charge is 0.123 e. The van der Waals surface area contributed by atoms with Gasteiger partial charge in [0.1, 0.15) is 5.82 Å². The molecule has 0 aromatic heterocycles. The standard InChI is InChI=1S/C15H13Br2F/c1-10-5-6-14(16)13(7-10)15(17)9-11-3-2-4-12(18)8-11/h2-8,15H,9H2,1H3. The molecule has 0 saturated carbocycles. The van der Waals surface area contributed by atoms with E-state index in [4.69, 9.17) is 0 Å². The van der Waals surface area contributed by atoms with Crippen LogP contribution in [0.25, 0.3) is 0 Å². The van der Waals surface area contributed by atoms with E-state index in [1.165, 1.54) is 17.2 Å². The number of halogens is 3. The average molecular weight is 372 g/mol. The average Bonchev–Trinajstić information content (AvgIpc) is 2.32. The van der Waals surface area contributed by atoms with Crippen LogP contribution < -0.4 is 0 Å². The van der Waals surface area contributed by atoms with E-state index >= 15 is 0 Å². The second kappa shape index (κ2) is 5.98. The highest BCUT2D eigenvalue weighted by molar-refractivity contribution is 9.11. The maximum absolute atomic E-state index is 13.1. The van der Waals surface area contributed by atoms with Gasteiger partial charge in [0.05, 0.1) is 0 Å². The van der Waals surface area contributed by atoms with Crippen molar-refractivity contribution in [3.05, 3.63) is 69.4 Å². The zero-order valence-electron chi connectivity index (χ0n) is 9.96. The normalized spacial score (nSPS) is 12.4. The van der Waals surface area contributed by atoms with Crippen LogP contribution in [0.15, 0.2) is 46.9 Å². The van der Waals surface area contributed by atoms with E-state index in [9.17, 15) is 4.39 Å². The lowest BCUT2D eigenvalue weighted by atomic mass is 10.0. The molecule has 0 aliphatic rings. The summed E-state index contributed by atoms with van der Waals surface area (Å²) in [4.78, 5) is 0.175. The number of hydrogen-bond donors (Lipinski definition) is 0.